The van der Waals surface area contributed by atoms with E-state index in [1.807, 2.05) is 18.2 Å². The second-order valence-electron chi connectivity index (χ2n) is 10.6. The molecule has 2 fully saturated rings. The smallest absolute Gasteiger partial charge is 0.125 e. The maximum absolute atomic E-state index is 14.1. The third kappa shape index (κ3) is 3.40. The quantitative estimate of drug-likeness (QED) is 0.392. The molecule has 0 amide bonds. The Balaban J connectivity index is 1.20. The number of halogens is 1. The molecule has 0 aliphatic heterocycles. The number of nitrogens with zero attached hydrogens (tertiary/aromatic N) is 2. The minimum absolute atomic E-state index is 0.207. The molecule has 35 heavy (non-hydrogen) atoms. The van der Waals surface area contributed by atoms with Gasteiger partial charge in [-0.3, -0.25) is 9.98 Å². The van der Waals surface area contributed by atoms with Crippen LogP contribution in [0, 0.1) is 5.82 Å². The maximum Gasteiger partial charge on any atom is 0.125 e. The summed E-state index contributed by atoms with van der Waals surface area (Å²) in [7, 11) is 0. The van der Waals surface area contributed by atoms with Crippen LogP contribution in [0.4, 0.5) is 15.8 Å². The molecule has 3 aromatic rings. The summed E-state index contributed by atoms with van der Waals surface area (Å²) in [6.07, 6.45) is 10.4. The molecule has 3 aromatic carbocycles. The maximum atomic E-state index is 14.1. The third-order valence-electron chi connectivity index (χ3n) is 8.71. The lowest BCUT2D eigenvalue weighted by molar-refractivity contribution is 0.472. The monoisotopic (exact) mass is 466 g/mol. The van der Waals surface area contributed by atoms with Crippen LogP contribution >= 0.6 is 0 Å². The number of aliphatic imine (C=N–C) groups is 2. The van der Waals surface area contributed by atoms with Crippen molar-refractivity contribution in [2.24, 2.45) is 9.98 Å². The summed E-state index contributed by atoms with van der Waals surface area (Å²) in [5, 5.41) is 21.2. The van der Waals surface area contributed by atoms with E-state index in [-0.39, 0.29) is 11.5 Å². The van der Waals surface area contributed by atoms with Crippen LogP contribution in [0.25, 0.3) is 0 Å². The van der Waals surface area contributed by atoms with E-state index in [0.717, 1.165) is 0 Å². The van der Waals surface area contributed by atoms with E-state index in [0.29, 0.717) is 46.2 Å². The molecular formula is C30H27FN2O2. The molecule has 0 radical (unpaired) electrons. The van der Waals surface area contributed by atoms with Gasteiger partial charge in [0.25, 0.3) is 0 Å². The second-order valence-corrected chi connectivity index (χ2v) is 10.6. The van der Waals surface area contributed by atoms with Gasteiger partial charge in [0.15, 0.2) is 0 Å². The van der Waals surface area contributed by atoms with Crippen molar-refractivity contribution >= 4 is 23.8 Å². The van der Waals surface area contributed by atoms with Crippen molar-refractivity contribution in [2.75, 3.05) is 0 Å². The van der Waals surface area contributed by atoms with E-state index in [4.69, 9.17) is 0 Å². The minimum Gasteiger partial charge on any atom is -0.507 e. The van der Waals surface area contributed by atoms with Crippen LogP contribution < -0.4 is 0 Å². The average Bonchev–Trinajstić information content (AvgIpc) is 3.64. The SMILES string of the molecule is Oc1cc2c(cc1C=Nc1ccc(F)cc1N=Cc1cc3c(cc1O)C1CCC3C1)C1CCC2C1. The molecule has 0 heterocycles. The Morgan fingerprint density at radius 3 is 1.60 bits per heavy atom. The highest BCUT2D eigenvalue weighted by atomic mass is 19.1. The number of rotatable bonds is 4. The molecule has 0 aromatic heterocycles. The van der Waals surface area contributed by atoms with Crippen LogP contribution in [0.2, 0.25) is 0 Å². The Bertz CT molecular complexity index is 1430. The third-order valence-corrected chi connectivity index (χ3v) is 8.71. The number of benzene rings is 3. The van der Waals surface area contributed by atoms with E-state index >= 15 is 0 Å². The summed E-state index contributed by atoms with van der Waals surface area (Å²) in [5.41, 5.74) is 7.40. The molecule has 7 rings (SSSR count). The van der Waals surface area contributed by atoms with Gasteiger partial charge in [-0.05, 0) is 121 Å². The molecule has 4 aliphatic rings. The summed E-state index contributed by atoms with van der Waals surface area (Å²) < 4.78 is 14.1. The van der Waals surface area contributed by atoms with E-state index in [9.17, 15) is 14.6 Å². The predicted molar refractivity (Wildman–Crippen MR) is 136 cm³/mol. The molecule has 176 valence electrons. The van der Waals surface area contributed by atoms with Crippen molar-refractivity contribution in [2.45, 2.75) is 62.2 Å². The largest absolute Gasteiger partial charge is 0.507 e. The van der Waals surface area contributed by atoms with Gasteiger partial charge in [-0.2, -0.15) is 0 Å². The standard InChI is InChI=1S/C30H27FN2O2/c31-22-5-6-27(32-14-20-9-23-16-1-3-18(7-16)25(23)12-29(20)34)28(11-22)33-15-21-10-24-17-2-4-19(8-17)26(24)13-30(21)35/h5-6,9-19,34-35H,1-4,7-8H2. The lowest BCUT2D eigenvalue weighted by Gasteiger charge is -2.16. The molecule has 4 atom stereocenters. The topological polar surface area (TPSA) is 65.2 Å². The van der Waals surface area contributed by atoms with Gasteiger partial charge in [0, 0.05) is 29.6 Å². The van der Waals surface area contributed by atoms with Crippen LogP contribution in [0.1, 0.15) is 95.6 Å². The molecule has 5 heteroatoms. The Kier molecular flexibility index (Phi) is 4.63. The number of fused-ring (bicyclic) bond motifs is 10. The summed E-state index contributed by atoms with van der Waals surface area (Å²) in [5.74, 6) is 2.35. The van der Waals surface area contributed by atoms with Gasteiger partial charge in [-0.1, -0.05) is 0 Å². The van der Waals surface area contributed by atoms with Crippen molar-refractivity contribution in [3.05, 3.63) is 81.7 Å². The van der Waals surface area contributed by atoms with Crippen LogP contribution in [-0.4, -0.2) is 22.6 Å². The zero-order valence-corrected chi connectivity index (χ0v) is 19.4. The first-order valence-electron chi connectivity index (χ1n) is 12.6. The van der Waals surface area contributed by atoms with E-state index in [1.54, 1.807) is 18.5 Å². The summed E-state index contributed by atoms with van der Waals surface area (Å²) >= 11 is 0. The van der Waals surface area contributed by atoms with Crippen LogP contribution in [0.5, 0.6) is 11.5 Å². The molecule has 4 unspecified atom stereocenters. The van der Waals surface area contributed by atoms with Crippen LogP contribution in [0.15, 0.2) is 52.4 Å². The van der Waals surface area contributed by atoms with E-state index < -0.39 is 5.82 Å². The van der Waals surface area contributed by atoms with Gasteiger partial charge in [0.2, 0.25) is 0 Å². The zero-order valence-electron chi connectivity index (χ0n) is 19.4. The van der Waals surface area contributed by atoms with Crippen molar-refractivity contribution in [3.8, 4) is 11.5 Å². The number of hydrogen-bond acceptors (Lipinski definition) is 4. The highest BCUT2D eigenvalue weighted by molar-refractivity contribution is 5.90. The van der Waals surface area contributed by atoms with Crippen molar-refractivity contribution in [3.63, 3.8) is 0 Å². The summed E-state index contributed by atoms with van der Waals surface area (Å²) in [4.78, 5) is 9.07. The van der Waals surface area contributed by atoms with Gasteiger partial charge in [-0.15, -0.1) is 0 Å². The molecule has 4 bridgehead atoms. The number of phenols is 2. The van der Waals surface area contributed by atoms with Crippen molar-refractivity contribution in [1.82, 2.24) is 0 Å². The summed E-state index contributed by atoms with van der Waals surface area (Å²) in [6, 6.07) is 12.2. The normalized spacial score (nSPS) is 25.7. The fourth-order valence-electron chi connectivity index (χ4n) is 6.98. The van der Waals surface area contributed by atoms with E-state index in [2.05, 4.69) is 16.1 Å². The second kappa shape index (κ2) is 7.77. The van der Waals surface area contributed by atoms with Gasteiger partial charge >= 0.3 is 0 Å². The fourth-order valence-corrected chi connectivity index (χ4v) is 6.98. The molecule has 4 nitrogen and oxygen atoms in total. The highest BCUT2D eigenvalue weighted by Gasteiger charge is 2.38. The van der Waals surface area contributed by atoms with Gasteiger partial charge < -0.3 is 10.2 Å². The molecule has 4 aliphatic carbocycles. The lowest BCUT2D eigenvalue weighted by atomic mass is 9.90. The fraction of sp³-hybridized carbons (Fsp3) is 0.333. The summed E-state index contributed by atoms with van der Waals surface area (Å²) in [6.45, 7) is 0. The van der Waals surface area contributed by atoms with Crippen LogP contribution in [0.3, 0.4) is 0 Å². The van der Waals surface area contributed by atoms with Crippen LogP contribution in [-0.2, 0) is 0 Å². The number of hydrogen-bond donors (Lipinski definition) is 2. The average molecular weight is 467 g/mol. The van der Waals surface area contributed by atoms with Gasteiger partial charge in [0.1, 0.15) is 17.3 Å². The first kappa shape index (κ1) is 20.9. The minimum atomic E-state index is -0.400. The Morgan fingerprint density at radius 1 is 0.629 bits per heavy atom. The predicted octanol–water partition coefficient (Wildman–Crippen LogP) is 7.47. The molecule has 0 saturated heterocycles. The molecule has 0 spiro atoms. The number of aromatic hydroxyl groups is 2. The lowest BCUT2D eigenvalue weighted by Crippen LogP contribution is -1.99. The van der Waals surface area contributed by atoms with Crippen molar-refractivity contribution in [1.29, 1.82) is 0 Å². The van der Waals surface area contributed by atoms with Gasteiger partial charge in [-0.25, -0.2) is 4.39 Å². The molecule has 2 N–H and O–H groups in total. The zero-order chi connectivity index (χ0) is 23.7. The first-order valence-corrected chi connectivity index (χ1v) is 12.6. The van der Waals surface area contributed by atoms with Gasteiger partial charge in [0.05, 0.1) is 11.4 Å². The molecule has 2 saturated carbocycles. The van der Waals surface area contributed by atoms with E-state index in [1.165, 1.54) is 72.9 Å². The number of phenolic OH excluding ortho intramolecular Hbond substituents is 2. The Hall–Kier alpha value is -3.47. The van der Waals surface area contributed by atoms with Crippen molar-refractivity contribution < 1.29 is 14.6 Å². The highest BCUT2D eigenvalue weighted by Crippen LogP contribution is 2.55. The Morgan fingerprint density at radius 2 is 1.09 bits per heavy atom. The first-order chi connectivity index (χ1) is 17.0. The Labute approximate surface area is 203 Å². The molecular weight excluding hydrogens is 439 g/mol.